The molecule has 0 spiro atoms. The molecule has 3 rings (SSSR count). The van der Waals surface area contributed by atoms with Crippen molar-refractivity contribution in [1.82, 2.24) is 9.78 Å². The summed E-state index contributed by atoms with van der Waals surface area (Å²) in [6.45, 7) is 0.569. The third kappa shape index (κ3) is 4.31. The summed E-state index contributed by atoms with van der Waals surface area (Å²) in [5.74, 6) is -0.291. The molecule has 4 nitrogen and oxygen atoms in total. The van der Waals surface area contributed by atoms with E-state index in [0.717, 1.165) is 11.3 Å². The number of rotatable bonds is 4. The van der Waals surface area contributed by atoms with E-state index < -0.39 is 0 Å². The smallest absolute Gasteiger partial charge is 0.175 e. The minimum atomic E-state index is -0.291. The van der Waals surface area contributed by atoms with Crippen LogP contribution in [0.25, 0.3) is 0 Å². The van der Waals surface area contributed by atoms with Crippen molar-refractivity contribution in [1.29, 1.82) is 0 Å². The molecule has 24 heavy (non-hydrogen) atoms. The number of halogens is 2. The highest BCUT2D eigenvalue weighted by atomic mass is 35.5. The van der Waals surface area contributed by atoms with Crippen molar-refractivity contribution in [2.45, 2.75) is 6.54 Å². The Hall–Kier alpha value is -2.44. The first-order valence-corrected chi connectivity index (χ1v) is 7.98. The Morgan fingerprint density at radius 2 is 1.79 bits per heavy atom. The van der Waals surface area contributed by atoms with E-state index in [4.69, 9.17) is 23.8 Å². The lowest BCUT2D eigenvalue weighted by Gasteiger charge is -2.08. The molecule has 0 aliphatic rings. The summed E-state index contributed by atoms with van der Waals surface area (Å²) in [5, 5.41) is 11.4. The van der Waals surface area contributed by atoms with Crippen LogP contribution in [0.4, 0.5) is 15.8 Å². The van der Waals surface area contributed by atoms with E-state index in [-0.39, 0.29) is 5.82 Å². The number of anilines is 2. The lowest BCUT2D eigenvalue weighted by atomic mass is 10.2. The molecule has 0 saturated heterocycles. The molecule has 2 N–H and O–H groups in total. The summed E-state index contributed by atoms with van der Waals surface area (Å²) in [4.78, 5) is 0. The van der Waals surface area contributed by atoms with Crippen LogP contribution in [0.1, 0.15) is 5.56 Å². The summed E-state index contributed by atoms with van der Waals surface area (Å²) >= 11 is 11.4. The predicted octanol–water partition coefficient (Wildman–Crippen LogP) is 4.53. The van der Waals surface area contributed by atoms with Gasteiger partial charge < -0.3 is 10.6 Å². The number of nitrogens with zero attached hydrogens (tertiary/aromatic N) is 2. The summed E-state index contributed by atoms with van der Waals surface area (Å²) < 4.78 is 14.7. The van der Waals surface area contributed by atoms with Gasteiger partial charge in [0.05, 0.1) is 18.4 Å². The Morgan fingerprint density at radius 3 is 2.54 bits per heavy atom. The first-order valence-electron chi connectivity index (χ1n) is 7.19. The number of aromatic nitrogens is 2. The molecule has 0 bridgehead atoms. The Morgan fingerprint density at radius 1 is 1.08 bits per heavy atom. The summed E-state index contributed by atoms with van der Waals surface area (Å²) in [6.07, 6.45) is 3.51. The second-order valence-electron chi connectivity index (χ2n) is 5.10. The summed E-state index contributed by atoms with van der Waals surface area (Å²) in [7, 11) is 0. The zero-order valence-electron chi connectivity index (χ0n) is 12.5. The first-order chi connectivity index (χ1) is 11.6. The lowest BCUT2D eigenvalue weighted by Crippen LogP contribution is -2.18. The standard InChI is InChI=1S/C17H14ClFN4S/c18-16-4-2-1-3-12(16)10-23-11-15(9-20-23)22-17(24)21-14-7-5-13(19)6-8-14/h1-9,11H,10H2,(H2,21,22,24). The van der Waals surface area contributed by atoms with Crippen molar-refractivity contribution in [3.05, 3.63) is 77.3 Å². The molecule has 0 radical (unpaired) electrons. The van der Waals surface area contributed by atoms with Crippen molar-refractivity contribution < 1.29 is 4.39 Å². The lowest BCUT2D eigenvalue weighted by molar-refractivity contribution is 0.628. The van der Waals surface area contributed by atoms with Gasteiger partial charge in [-0.25, -0.2) is 4.39 Å². The SMILES string of the molecule is Fc1ccc(NC(=S)Nc2cnn(Cc3ccccc3Cl)c2)cc1. The van der Waals surface area contributed by atoms with Crippen LogP contribution in [0.5, 0.6) is 0 Å². The van der Waals surface area contributed by atoms with E-state index in [1.165, 1.54) is 12.1 Å². The molecule has 2 aromatic carbocycles. The molecule has 0 atom stereocenters. The van der Waals surface area contributed by atoms with Crippen molar-refractivity contribution in [2.24, 2.45) is 0 Å². The van der Waals surface area contributed by atoms with Gasteiger partial charge in [-0.1, -0.05) is 29.8 Å². The zero-order valence-corrected chi connectivity index (χ0v) is 14.1. The highest BCUT2D eigenvalue weighted by Gasteiger charge is 2.05. The molecule has 3 aromatic rings. The largest absolute Gasteiger partial charge is 0.332 e. The van der Waals surface area contributed by atoms with Gasteiger partial charge >= 0.3 is 0 Å². The van der Waals surface area contributed by atoms with Crippen LogP contribution >= 0.6 is 23.8 Å². The highest BCUT2D eigenvalue weighted by Crippen LogP contribution is 2.17. The Kier molecular flexibility index (Phi) is 5.08. The second-order valence-corrected chi connectivity index (χ2v) is 5.92. The molecule has 7 heteroatoms. The van der Waals surface area contributed by atoms with Crippen LogP contribution in [0.3, 0.4) is 0 Å². The molecule has 0 aliphatic heterocycles. The van der Waals surface area contributed by atoms with Gasteiger partial charge in [-0.05, 0) is 48.1 Å². The van der Waals surface area contributed by atoms with Crippen molar-refractivity contribution in [3.8, 4) is 0 Å². The monoisotopic (exact) mass is 360 g/mol. The van der Waals surface area contributed by atoms with Crippen LogP contribution < -0.4 is 10.6 Å². The molecule has 122 valence electrons. The van der Waals surface area contributed by atoms with E-state index in [1.54, 1.807) is 23.0 Å². The molecule has 0 fully saturated rings. The van der Waals surface area contributed by atoms with Gasteiger partial charge in [-0.15, -0.1) is 0 Å². The van der Waals surface area contributed by atoms with Gasteiger partial charge in [0, 0.05) is 16.9 Å². The summed E-state index contributed by atoms with van der Waals surface area (Å²) in [6, 6.07) is 13.6. The Bertz CT molecular complexity index is 848. The average molecular weight is 361 g/mol. The van der Waals surface area contributed by atoms with Crippen molar-refractivity contribution in [2.75, 3.05) is 10.6 Å². The molecule has 0 saturated carbocycles. The van der Waals surface area contributed by atoms with Crippen LogP contribution in [-0.4, -0.2) is 14.9 Å². The maximum Gasteiger partial charge on any atom is 0.175 e. The number of benzene rings is 2. The maximum absolute atomic E-state index is 12.9. The Labute approximate surface area is 149 Å². The van der Waals surface area contributed by atoms with Crippen LogP contribution in [0.2, 0.25) is 5.02 Å². The number of nitrogens with one attached hydrogen (secondary N) is 2. The van der Waals surface area contributed by atoms with E-state index in [9.17, 15) is 4.39 Å². The van der Waals surface area contributed by atoms with Gasteiger partial charge in [0.15, 0.2) is 5.11 Å². The molecule has 0 amide bonds. The minimum absolute atomic E-state index is 0.291. The molecule has 0 aliphatic carbocycles. The van der Waals surface area contributed by atoms with E-state index in [1.807, 2.05) is 30.5 Å². The second kappa shape index (κ2) is 7.42. The van der Waals surface area contributed by atoms with Crippen molar-refractivity contribution >= 4 is 40.3 Å². The van der Waals surface area contributed by atoms with Gasteiger partial charge in [0.25, 0.3) is 0 Å². The van der Waals surface area contributed by atoms with Gasteiger partial charge in [-0.2, -0.15) is 5.10 Å². The van der Waals surface area contributed by atoms with E-state index >= 15 is 0 Å². The quantitative estimate of drug-likeness (QED) is 0.671. The van der Waals surface area contributed by atoms with Gasteiger partial charge in [0.1, 0.15) is 5.82 Å². The van der Waals surface area contributed by atoms with Gasteiger partial charge in [0.2, 0.25) is 0 Å². The van der Waals surface area contributed by atoms with Gasteiger partial charge in [-0.3, -0.25) is 4.68 Å². The molecular weight excluding hydrogens is 347 g/mol. The fourth-order valence-electron chi connectivity index (χ4n) is 2.14. The van der Waals surface area contributed by atoms with Crippen LogP contribution in [0.15, 0.2) is 60.9 Å². The topological polar surface area (TPSA) is 41.9 Å². The first kappa shape index (κ1) is 16.4. The number of hydrogen-bond donors (Lipinski definition) is 2. The molecule has 0 unspecified atom stereocenters. The molecule has 1 heterocycles. The average Bonchev–Trinajstić information content (AvgIpc) is 2.99. The predicted molar refractivity (Wildman–Crippen MR) is 99.0 cm³/mol. The van der Waals surface area contributed by atoms with Crippen LogP contribution in [0, 0.1) is 5.82 Å². The third-order valence-corrected chi connectivity index (χ3v) is 3.86. The number of hydrogen-bond acceptors (Lipinski definition) is 2. The maximum atomic E-state index is 12.9. The number of thiocarbonyl (C=S) groups is 1. The summed E-state index contributed by atoms with van der Waals surface area (Å²) in [5.41, 5.74) is 2.44. The van der Waals surface area contributed by atoms with E-state index in [0.29, 0.717) is 22.4 Å². The highest BCUT2D eigenvalue weighted by molar-refractivity contribution is 7.80. The molecule has 1 aromatic heterocycles. The minimum Gasteiger partial charge on any atom is -0.332 e. The van der Waals surface area contributed by atoms with E-state index in [2.05, 4.69) is 15.7 Å². The normalized spacial score (nSPS) is 10.4. The zero-order chi connectivity index (χ0) is 16.9. The Balaban J connectivity index is 1.60. The van der Waals surface area contributed by atoms with Crippen molar-refractivity contribution in [3.63, 3.8) is 0 Å². The van der Waals surface area contributed by atoms with Crippen LogP contribution in [-0.2, 0) is 6.54 Å². The fourth-order valence-corrected chi connectivity index (χ4v) is 2.57. The molecular formula is C17H14ClFN4S. The fraction of sp³-hybridized carbons (Fsp3) is 0.0588. The third-order valence-electron chi connectivity index (χ3n) is 3.28.